The first-order chi connectivity index (χ1) is 11.7. The third-order valence-corrected chi connectivity index (χ3v) is 4.58. The summed E-state index contributed by atoms with van der Waals surface area (Å²) in [6, 6.07) is 9.83. The third kappa shape index (κ3) is 2.50. The Balaban J connectivity index is 1.51. The van der Waals surface area contributed by atoms with Crippen LogP contribution in [0.15, 0.2) is 42.7 Å². The van der Waals surface area contributed by atoms with E-state index >= 15 is 0 Å². The second-order valence-electron chi connectivity index (χ2n) is 6.00. The van der Waals surface area contributed by atoms with Crippen molar-refractivity contribution in [3.05, 3.63) is 54.0 Å². The Labute approximate surface area is 140 Å². The first-order valence-electron chi connectivity index (χ1n) is 8.12. The molecule has 0 atom stereocenters. The highest BCUT2D eigenvalue weighted by molar-refractivity contribution is 6.00. The molecule has 1 aromatic carbocycles. The van der Waals surface area contributed by atoms with Crippen LogP contribution in [-0.2, 0) is 0 Å². The van der Waals surface area contributed by atoms with Crippen molar-refractivity contribution in [2.75, 3.05) is 31.1 Å². The fraction of sp³-hybridized carbons (Fsp3) is 0.278. The van der Waals surface area contributed by atoms with Crippen molar-refractivity contribution in [3.8, 4) is 0 Å². The lowest BCUT2D eigenvalue weighted by atomic mass is 10.1. The van der Waals surface area contributed by atoms with E-state index in [1.54, 1.807) is 12.4 Å². The molecule has 1 fully saturated rings. The summed E-state index contributed by atoms with van der Waals surface area (Å²) < 4.78 is 0. The quantitative estimate of drug-likeness (QED) is 0.786. The Morgan fingerprint density at radius 2 is 1.75 bits per heavy atom. The summed E-state index contributed by atoms with van der Waals surface area (Å²) in [6.45, 7) is 4.84. The highest BCUT2D eigenvalue weighted by Crippen LogP contribution is 2.23. The fourth-order valence-corrected chi connectivity index (χ4v) is 3.22. The molecule has 0 aliphatic carbocycles. The van der Waals surface area contributed by atoms with Crippen molar-refractivity contribution in [1.29, 1.82) is 0 Å². The second kappa shape index (κ2) is 5.96. The predicted octanol–water partition coefficient (Wildman–Crippen LogP) is 2.23. The summed E-state index contributed by atoms with van der Waals surface area (Å²) in [5.41, 5.74) is 2.72. The molecule has 3 aromatic rings. The van der Waals surface area contributed by atoms with Crippen LogP contribution in [0.2, 0.25) is 0 Å². The van der Waals surface area contributed by atoms with E-state index in [1.165, 1.54) is 0 Å². The van der Waals surface area contributed by atoms with Crippen LogP contribution in [0.3, 0.4) is 0 Å². The van der Waals surface area contributed by atoms with Crippen LogP contribution >= 0.6 is 0 Å². The molecule has 1 N–H and O–H groups in total. The fourth-order valence-electron chi connectivity index (χ4n) is 3.22. The molecule has 1 amide bonds. The number of fused-ring (bicyclic) bond motifs is 1. The van der Waals surface area contributed by atoms with Gasteiger partial charge in [-0.25, -0.2) is 9.97 Å². The van der Waals surface area contributed by atoms with Gasteiger partial charge in [-0.1, -0.05) is 18.2 Å². The maximum atomic E-state index is 12.9. The standard InChI is InChI=1S/C18H19N5O/c1-13-14-5-2-3-6-15(14)21-16(13)17(24)22-9-11-23(12-10-22)18-19-7-4-8-20-18/h2-8,21H,9-12H2,1H3. The molecule has 0 spiro atoms. The summed E-state index contributed by atoms with van der Waals surface area (Å²) in [4.78, 5) is 28.7. The molecule has 6 nitrogen and oxygen atoms in total. The minimum absolute atomic E-state index is 0.0670. The summed E-state index contributed by atoms with van der Waals surface area (Å²) in [6.07, 6.45) is 3.49. The van der Waals surface area contributed by atoms with Gasteiger partial charge in [-0.15, -0.1) is 0 Å². The van der Waals surface area contributed by atoms with Gasteiger partial charge in [0.2, 0.25) is 5.95 Å². The molecule has 3 heterocycles. The smallest absolute Gasteiger partial charge is 0.270 e. The van der Waals surface area contributed by atoms with E-state index in [4.69, 9.17) is 0 Å². The molecule has 0 saturated carbocycles. The number of para-hydroxylation sites is 1. The van der Waals surface area contributed by atoms with Gasteiger partial charge in [0.15, 0.2) is 0 Å². The molecule has 2 aromatic heterocycles. The number of benzene rings is 1. The first-order valence-corrected chi connectivity index (χ1v) is 8.12. The number of anilines is 1. The molecule has 4 rings (SSSR count). The number of carbonyl (C=O) groups is 1. The lowest BCUT2D eigenvalue weighted by Gasteiger charge is -2.34. The number of carbonyl (C=O) groups excluding carboxylic acids is 1. The summed E-state index contributed by atoms with van der Waals surface area (Å²) in [7, 11) is 0. The van der Waals surface area contributed by atoms with Crippen LogP contribution in [-0.4, -0.2) is 51.9 Å². The molecule has 1 aliphatic rings. The number of H-pyrrole nitrogens is 1. The van der Waals surface area contributed by atoms with Crippen molar-refractivity contribution < 1.29 is 4.79 Å². The van der Waals surface area contributed by atoms with Crippen LogP contribution in [0.4, 0.5) is 5.95 Å². The zero-order valence-corrected chi connectivity index (χ0v) is 13.6. The number of aromatic amines is 1. The number of amides is 1. The maximum absolute atomic E-state index is 12.9. The lowest BCUT2D eigenvalue weighted by Crippen LogP contribution is -2.49. The summed E-state index contributed by atoms with van der Waals surface area (Å²) in [5.74, 6) is 0.795. The van der Waals surface area contributed by atoms with Crippen molar-refractivity contribution in [3.63, 3.8) is 0 Å². The first kappa shape index (κ1) is 14.7. The number of nitrogens with one attached hydrogen (secondary N) is 1. The number of hydrogen-bond acceptors (Lipinski definition) is 4. The van der Waals surface area contributed by atoms with E-state index in [9.17, 15) is 4.79 Å². The third-order valence-electron chi connectivity index (χ3n) is 4.58. The SMILES string of the molecule is Cc1c(C(=O)N2CCN(c3ncccn3)CC2)[nH]c2ccccc12. The van der Waals surface area contributed by atoms with E-state index < -0.39 is 0 Å². The minimum atomic E-state index is 0.0670. The van der Waals surface area contributed by atoms with Gasteiger partial charge in [-0.05, 0) is 24.6 Å². The molecule has 0 bridgehead atoms. The summed E-state index contributed by atoms with van der Waals surface area (Å²) >= 11 is 0. The van der Waals surface area contributed by atoms with Crippen molar-refractivity contribution in [2.45, 2.75) is 6.92 Å². The largest absolute Gasteiger partial charge is 0.350 e. The van der Waals surface area contributed by atoms with Crippen LogP contribution in [0.25, 0.3) is 10.9 Å². The Morgan fingerprint density at radius 1 is 1.04 bits per heavy atom. The molecule has 1 aliphatic heterocycles. The van der Waals surface area contributed by atoms with Gasteiger partial charge < -0.3 is 14.8 Å². The topological polar surface area (TPSA) is 65.1 Å². The van der Waals surface area contributed by atoms with Crippen molar-refractivity contribution in [1.82, 2.24) is 19.9 Å². The van der Waals surface area contributed by atoms with Crippen molar-refractivity contribution >= 4 is 22.8 Å². The zero-order valence-electron chi connectivity index (χ0n) is 13.6. The van der Waals surface area contributed by atoms with Gasteiger partial charge in [-0.3, -0.25) is 4.79 Å². The molecule has 0 radical (unpaired) electrons. The molecular formula is C18H19N5O. The van der Waals surface area contributed by atoms with E-state index in [2.05, 4.69) is 19.9 Å². The molecule has 0 unspecified atom stereocenters. The van der Waals surface area contributed by atoms with Crippen LogP contribution < -0.4 is 4.90 Å². The number of aromatic nitrogens is 3. The average molecular weight is 321 g/mol. The van der Waals surface area contributed by atoms with Gasteiger partial charge in [-0.2, -0.15) is 0 Å². The van der Waals surface area contributed by atoms with E-state index in [0.29, 0.717) is 18.8 Å². The van der Waals surface area contributed by atoms with E-state index in [0.717, 1.165) is 35.5 Å². The molecule has 122 valence electrons. The molecule has 6 heteroatoms. The van der Waals surface area contributed by atoms with Crippen LogP contribution in [0.1, 0.15) is 16.1 Å². The Bertz CT molecular complexity index is 866. The van der Waals surface area contributed by atoms with Gasteiger partial charge in [0.25, 0.3) is 5.91 Å². The number of piperazine rings is 1. The number of hydrogen-bond donors (Lipinski definition) is 1. The number of aryl methyl sites for hydroxylation is 1. The monoisotopic (exact) mass is 321 g/mol. The van der Waals surface area contributed by atoms with Gasteiger partial charge in [0.05, 0.1) is 0 Å². The molecular weight excluding hydrogens is 302 g/mol. The average Bonchev–Trinajstić information content (AvgIpc) is 2.99. The minimum Gasteiger partial charge on any atom is -0.350 e. The lowest BCUT2D eigenvalue weighted by molar-refractivity contribution is 0.0740. The van der Waals surface area contributed by atoms with Gasteiger partial charge >= 0.3 is 0 Å². The highest BCUT2D eigenvalue weighted by Gasteiger charge is 2.25. The van der Waals surface area contributed by atoms with Crippen LogP contribution in [0, 0.1) is 6.92 Å². The van der Waals surface area contributed by atoms with E-state index in [-0.39, 0.29) is 5.91 Å². The number of rotatable bonds is 2. The molecule has 24 heavy (non-hydrogen) atoms. The maximum Gasteiger partial charge on any atom is 0.270 e. The van der Waals surface area contributed by atoms with Gasteiger partial charge in [0.1, 0.15) is 5.69 Å². The Morgan fingerprint density at radius 3 is 2.46 bits per heavy atom. The second-order valence-corrected chi connectivity index (χ2v) is 6.00. The van der Waals surface area contributed by atoms with Crippen LogP contribution in [0.5, 0.6) is 0 Å². The molecule has 1 saturated heterocycles. The highest BCUT2D eigenvalue weighted by atomic mass is 16.2. The van der Waals surface area contributed by atoms with E-state index in [1.807, 2.05) is 42.2 Å². The normalized spacial score (nSPS) is 15.0. The van der Waals surface area contributed by atoms with Gasteiger partial charge in [0, 0.05) is 49.5 Å². The number of nitrogens with zero attached hydrogens (tertiary/aromatic N) is 4. The van der Waals surface area contributed by atoms with Crippen molar-refractivity contribution in [2.24, 2.45) is 0 Å². The zero-order chi connectivity index (χ0) is 16.5. The summed E-state index contributed by atoms with van der Waals surface area (Å²) in [5, 5.41) is 1.11. The Kier molecular flexibility index (Phi) is 3.65. The predicted molar refractivity (Wildman–Crippen MR) is 93.2 cm³/mol. The Hall–Kier alpha value is -2.89.